The Kier molecular flexibility index (Phi) is 9.69. The van der Waals surface area contributed by atoms with Gasteiger partial charge in [-0.15, -0.1) is 0 Å². The Hall–Kier alpha value is -3.10. The first-order chi connectivity index (χ1) is 15.6. The number of rotatable bonds is 11. The molecule has 0 radical (unpaired) electrons. The number of ether oxygens (including phenoxy) is 2. The van der Waals surface area contributed by atoms with E-state index < -0.39 is 10.8 Å². The van der Waals surface area contributed by atoms with E-state index in [-0.39, 0.29) is 10.7 Å². The average Bonchev–Trinajstić information content (AvgIpc) is 2.75. The van der Waals surface area contributed by atoms with Gasteiger partial charge in [-0.2, -0.15) is 0 Å². The Bertz CT molecular complexity index is 1000. The van der Waals surface area contributed by atoms with Crippen LogP contribution in [0.3, 0.4) is 0 Å². The number of nitro groups is 1. The minimum atomic E-state index is -0.569. The highest BCUT2D eigenvalue weighted by molar-refractivity contribution is 6.32. The van der Waals surface area contributed by atoms with Crippen molar-refractivity contribution in [1.82, 2.24) is 4.90 Å². The zero-order valence-corrected chi connectivity index (χ0v) is 20.3. The summed E-state index contributed by atoms with van der Waals surface area (Å²) in [5.74, 6) is 0.701. The Morgan fingerprint density at radius 1 is 1.15 bits per heavy atom. The quantitative estimate of drug-likeness (QED) is 0.265. The summed E-state index contributed by atoms with van der Waals surface area (Å²) in [6, 6.07) is 10.2. The van der Waals surface area contributed by atoms with E-state index in [9.17, 15) is 14.9 Å². The topological polar surface area (TPSA) is 93.9 Å². The first kappa shape index (κ1) is 26.2. The van der Waals surface area contributed by atoms with E-state index in [0.29, 0.717) is 41.4 Å². The molecule has 0 heterocycles. The average molecular weight is 476 g/mol. The van der Waals surface area contributed by atoms with Gasteiger partial charge >= 0.3 is 0 Å². The van der Waals surface area contributed by atoms with E-state index in [4.69, 9.17) is 21.1 Å². The number of halogens is 1. The first-order valence-electron chi connectivity index (χ1n) is 10.6. The lowest BCUT2D eigenvalue weighted by molar-refractivity contribution is -0.384. The minimum Gasteiger partial charge on any atom is -0.493 e. The molecule has 0 saturated heterocycles. The van der Waals surface area contributed by atoms with Gasteiger partial charge in [-0.3, -0.25) is 19.8 Å². The van der Waals surface area contributed by atoms with Gasteiger partial charge in [0.2, 0.25) is 5.91 Å². The summed E-state index contributed by atoms with van der Waals surface area (Å²) in [6.45, 7) is 9.81. The summed E-state index contributed by atoms with van der Waals surface area (Å²) >= 11 is 5.82. The highest BCUT2D eigenvalue weighted by Gasteiger charge is 2.14. The molecule has 33 heavy (non-hydrogen) atoms. The molecule has 1 N–H and O–H groups in total. The molecule has 2 aromatic rings. The molecule has 0 unspecified atom stereocenters. The maximum absolute atomic E-state index is 12.4. The summed E-state index contributed by atoms with van der Waals surface area (Å²) in [5, 5.41) is 13.8. The molecule has 0 spiro atoms. The number of hydrogen-bond donors (Lipinski definition) is 1. The van der Waals surface area contributed by atoms with Crippen molar-refractivity contribution < 1.29 is 19.2 Å². The lowest BCUT2D eigenvalue weighted by Gasteiger charge is -2.30. The molecule has 0 saturated carbocycles. The molecule has 0 aliphatic rings. The maximum atomic E-state index is 12.4. The molecule has 9 heteroatoms. The molecular formula is C24H30ClN3O5. The van der Waals surface area contributed by atoms with Crippen LogP contribution in [0.25, 0.3) is 6.08 Å². The number of nitro benzene ring substituents is 1. The third kappa shape index (κ3) is 7.76. The fraction of sp³-hybridized carbons (Fsp3) is 0.375. The molecule has 0 aliphatic carbocycles. The summed E-state index contributed by atoms with van der Waals surface area (Å²) in [5.41, 5.74) is 0.802. The second kappa shape index (κ2) is 12.2. The van der Waals surface area contributed by atoms with Crippen LogP contribution in [0.4, 0.5) is 11.4 Å². The van der Waals surface area contributed by atoms with Crippen LogP contribution in [0.5, 0.6) is 11.5 Å². The third-order valence-corrected chi connectivity index (χ3v) is 5.28. The molecular weight excluding hydrogens is 446 g/mol. The van der Waals surface area contributed by atoms with Crippen molar-refractivity contribution in [3.63, 3.8) is 0 Å². The number of nitrogens with one attached hydrogen (secondary N) is 1. The fourth-order valence-electron chi connectivity index (χ4n) is 3.37. The van der Waals surface area contributed by atoms with Crippen LogP contribution >= 0.6 is 11.6 Å². The van der Waals surface area contributed by atoms with E-state index in [2.05, 4.69) is 37.9 Å². The minimum absolute atomic E-state index is 0.0391. The van der Waals surface area contributed by atoms with Crippen LogP contribution < -0.4 is 14.8 Å². The van der Waals surface area contributed by atoms with Gasteiger partial charge in [-0.1, -0.05) is 17.7 Å². The second-order valence-corrected chi connectivity index (χ2v) is 8.34. The molecule has 178 valence electrons. The van der Waals surface area contributed by atoms with E-state index in [1.54, 1.807) is 31.4 Å². The molecule has 1 amide bonds. The molecule has 0 aromatic heterocycles. The monoisotopic (exact) mass is 475 g/mol. The molecule has 0 atom stereocenters. The molecule has 0 fully saturated rings. The van der Waals surface area contributed by atoms with Crippen LogP contribution in [0, 0.1) is 10.1 Å². The standard InChI is InChI=1S/C24H30ClN3O5/c1-16(2)27(17(3)4)12-13-33-23-15-19(8-10-22(23)32-5)26-24(29)11-7-18-6-9-20(25)21(14-18)28(30)31/h6-11,14-17H,12-13H2,1-5H3,(H,26,29)/b11-7+. The summed E-state index contributed by atoms with van der Waals surface area (Å²) in [4.78, 5) is 25.1. The van der Waals surface area contributed by atoms with Crippen molar-refractivity contribution in [2.45, 2.75) is 39.8 Å². The van der Waals surface area contributed by atoms with Crippen molar-refractivity contribution in [3.05, 3.63) is 63.2 Å². The Balaban J connectivity index is 2.06. The number of anilines is 1. The smallest absolute Gasteiger partial charge is 0.288 e. The van der Waals surface area contributed by atoms with Crippen molar-refractivity contribution in [1.29, 1.82) is 0 Å². The van der Waals surface area contributed by atoms with Gasteiger partial charge in [0, 0.05) is 42.5 Å². The Labute approximate surface area is 199 Å². The van der Waals surface area contributed by atoms with Gasteiger partial charge in [0.15, 0.2) is 11.5 Å². The Morgan fingerprint density at radius 2 is 1.85 bits per heavy atom. The van der Waals surface area contributed by atoms with Crippen LogP contribution in [0.2, 0.25) is 5.02 Å². The van der Waals surface area contributed by atoms with E-state index >= 15 is 0 Å². The van der Waals surface area contributed by atoms with Crippen LogP contribution in [-0.4, -0.2) is 48.1 Å². The number of carbonyl (C=O) groups excluding carboxylic acids is 1. The number of amides is 1. The van der Waals surface area contributed by atoms with Crippen molar-refractivity contribution in [3.8, 4) is 11.5 Å². The Morgan fingerprint density at radius 3 is 2.45 bits per heavy atom. The van der Waals surface area contributed by atoms with E-state index in [1.807, 2.05) is 0 Å². The second-order valence-electron chi connectivity index (χ2n) is 7.93. The number of benzene rings is 2. The van der Waals surface area contributed by atoms with Crippen LogP contribution in [-0.2, 0) is 4.79 Å². The first-order valence-corrected chi connectivity index (χ1v) is 11.0. The number of hydrogen-bond acceptors (Lipinski definition) is 6. The SMILES string of the molecule is COc1ccc(NC(=O)/C=C/c2ccc(Cl)c([N+](=O)[O-])c2)cc1OCCN(C(C)C)C(C)C. The highest BCUT2D eigenvalue weighted by Crippen LogP contribution is 2.30. The van der Waals surface area contributed by atoms with Crippen molar-refractivity contribution in [2.24, 2.45) is 0 Å². The fourth-order valence-corrected chi connectivity index (χ4v) is 3.56. The lowest BCUT2D eigenvalue weighted by atomic mass is 10.2. The van der Waals surface area contributed by atoms with Gasteiger partial charge in [-0.25, -0.2) is 0 Å². The largest absolute Gasteiger partial charge is 0.493 e. The zero-order valence-electron chi connectivity index (χ0n) is 19.5. The number of methoxy groups -OCH3 is 1. The predicted molar refractivity (Wildman–Crippen MR) is 131 cm³/mol. The predicted octanol–water partition coefficient (Wildman–Crippen LogP) is 5.41. The van der Waals surface area contributed by atoms with Crippen LogP contribution in [0.15, 0.2) is 42.5 Å². The van der Waals surface area contributed by atoms with Crippen LogP contribution in [0.1, 0.15) is 33.3 Å². The zero-order chi connectivity index (χ0) is 24.5. The molecule has 8 nitrogen and oxygen atoms in total. The molecule has 0 bridgehead atoms. The summed E-state index contributed by atoms with van der Waals surface area (Å²) in [6.07, 6.45) is 2.77. The van der Waals surface area contributed by atoms with Crippen molar-refractivity contribution >= 4 is 35.0 Å². The van der Waals surface area contributed by atoms with E-state index in [1.165, 1.54) is 24.3 Å². The number of carbonyl (C=O) groups is 1. The normalized spacial score (nSPS) is 11.4. The molecule has 2 aromatic carbocycles. The van der Waals surface area contributed by atoms with Gasteiger partial charge < -0.3 is 14.8 Å². The van der Waals surface area contributed by atoms with Gasteiger partial charge in [0.05, 0.1) is 12.0 Å². The highest BCUT2D eigenvalue weighted by atomic mass is 35.5. The van der Waals surface area contributed by atoms with E-state index in [0.717, 1.165) is 6.54 Å². The van der Waals surface area contributed by atoms with Gasteiger partial charge in [0.1, 0.15) is 11.6 Å². The third-order valence-electron chi connectivity index (χ3n) is 4.96. The molecule has 2 rings (SSSR count). The van der Waals surface area contributed by atoms with Crippen molar-refractivity contribution in [2.75, 3.05) is 25.6 Å². The number of nitrogens with zero attached hydrogens (tertiary/aromatic N) is 2. The maximum Gasteiger partial charge on any atom is 0.288 e. The van der Waals surface area contributed by atoms with Gasteiger partial charge in [-0.05, 0) is 57.5 Å². The summed E-state index contributed by atoms with van der Waals surface area (Å²) < 4.78 is 11.3. The van der Waals surface area contributed by atoms with Gasteiger partial charge in [0.25, 0.3) is 5.69 Å². The molecule has 0 aliphatic heterocycles. The summed E-state index contributed by atoms with van der Waals surface area (Å²) in [7, 11) is 1.56. The lowest BCUT2D eigenvalue weighted by Crippen LogP contribution is -2.39.